The van der Waals surface area contributed by atoms with Gasteiger partial charge in [0.2, 0.25) is 17.7 Å². The molecule has 1 aliphatic carbocycles. The van der Waals surface area contributed by atoms with Gasteiger partial charge in [-0.2, -0.15) is 13.2 Å². The van der Waals surface area contributed by atoms with Gasteiger partial charge in [0.25, 0.3) is 5.91 Å². The van der Waals surface area contributed by atoms with E-state index in [2.05, 4.69) is 25.0 Å². The second-order valence-electron chi connectivity index (χ2n) is 7.51. The highest BCUT2D eigenvalue weighted by molar-refractivity contribution is 5.95. The smallest absolute Gasteiger partial charge is 0.422 e. The normalized spacial score (nSPS) is 13.6. The summed E-state index contributed by atoms with van der Waals surface area (Å²) in [4.78, 5) is 38.3. The average Bonchev–Trinajstić information content (AvgIpc) is 3.51. The van der Waals surface area contributed by atoms with Gasteiger partial charge in [0, 0.05) is 37.0 Å². The van der Waals surface area contributed by atoms with Crippen LogP contribution in [0.3, 0.4) is 0 Å². The third-order valence-electron chi connectivity index (χ3n) is 4.48. The number of hydrogen-bond donors (Lipinski definition) is 1. The van der Waals surface area contributed by atoms with E-state index in [1.807, 2.05) is 0 Å². The van der Waals surface area contributed by atoms with E-state index in [-0.39, 0.29) is 35.9 Å². The highest BCUT2D eigenvalue weighted by Crippen LogP contribution is 2.29. The Morgan fingerprint density at radius 3 is 2.55 bits per heavy atom. The number of carbonyl (C=O) groups is 2. The van der Waals surface area contributed by atoms with Crippen molar-refractivity contribution in [2.75, 3.05) is 19.0 Å². The maximum Gasteiger partial charge on any atom is 0.422 e. The summed E-state index contributed by atoms with van der Waals surface area (Å²) in [6, 6.07) is 3.12. The molecule has 0 bridgehead atoms. The molecule has 0 unspecified atom stereocenters. The number of aryl methyl sites for hydroxylation is 2. The zero-order chi connectivity index (χ0) is 22.8. The first-order valence-corrected chi connectivity index (χ1v) is 9.59. The number of anilines is 1. The van der Waals surface area contributed by atoms with E-state index in [4.69, 9.17) is 0 Å². The van der Waals surface area contributed by atoms with Crippen molar-refractivity contribution in [1.29, 1.82) is 0 Å². The summed E-state index contributed by atoms with van der Waals surface area (Å²) < 4.78 is 41.6. The molecular formula is C20H22F3N5O3. The lowest BCUT2D eigenvalue weighted by molar-refractivity contribution is -0.154. The maximum atomic E-state index is 12.8. The van der Waals surface area contributed by atoms with E-state index < -0.39 is 18.7 Å². The molecule has 166 valence electrons. The maximum absolute atomic E-state index is 12.8. The van der Waals surface area contributed by atoms with Gasteiger partial charge in [0.1, 0.15) is 5.69 Å². The van der Waals surface area contributed by atoms with Gasteiger partial charge in [-0.05, 0) is 44.4 Å². The summed E-state index contributed by atoms with van der Waals surface area (Å²) >= 11 is 0. The van der Waals surface area contributed by atoms with Gasteiger partial charge in [-0.1, -0.05) is 0 Å². The number of ether oxygens (including phenoxy) is 1. The van der Waals surface area contributed by atoms with Crippen molar-refractivity contribution in [3.05, 3.63) is 40.8 Å². The van der Waals surface area contributed by atoms with Crippen LogP contribution in [0.4, 0.5) is 19.1 Å². The van der Waals surface area contributed by atoms with Crippen LogP contribution in [0.25, 0.3) is 0 Å². The molecule has 1 aliphatic rings. The van der Waals surface area contributed by atoms with Crippen molar-refractivity contribution in [3.63, 3.8) is 0 Å². The Morgan fingerprint density at radius 1 is 1.23 bits per heavy atom. The number of rotatable bonds is 7. The van der Waals surface area contributed by atoms with E-state index in [1.54, 1.807) is 27.0 Å². The summed E-state index contributed by atoms with van der Waals surface area (Å²) in [6.45, 7) is 2.00. The molecular weight excluding hydrogens is 415 g/mol. The van der Waals surface area contributed by atoms with Crippen LogP contribution < -0.4 is 10.1 Å². The minimum atomic E-state index is -4.45. The molecule has 0 spiro atoms. The molecule has 8 nitrogen and oxygen atoms in total. The Kier molecular flexibility index (Phi) is 6.42. The fourth-order valence-electron chi connectivity index (χ4n) is 2.84. The number of nitrogens with one attached hydrogen (secondary N) is 1. The fourth-order valence-corrected chi connectivity index (χ4v) is 2.84. The molecule has 0 atom stereocenters. The molecule has 0 aromatic carbocycles. The number of halogens is 3. The quantitative estimate of drug-likeness (QED) is 0.715. The van der Waals surface area contributed by atoms with Crippen LogP contribution in [0.5, 0.6) is 5.88 Å². The molecule has 1 fully saturated rings. The van der Waals surface area contributed by atoms with Crippen molar-refractivity contribution in [3.8, 4) is 5.88 Å². The van der Waals surface area contributed by atoms with Crippen LogP contribution >= 0.6 is 0 Å². The van der Waals surface area contributed by atoms with Crippen molar-refractivity contribution in [1.82, 2.24) is 19.9 Å². The number of nitrogens with zero attached hydrogens (tertiary/aromatic N) is 4. The van der Waals surface area contributed by atoms with Crippen molar-refractivity contribution in [2.45, 2.75) is 39.4 Å². The zero-order valence-corrected chi connectivity index (χ0v) is 17.3. The largest absolute Gasteiger partial charge is 0.468 e. The van der Waals surface area contributed by atoms with Crippen molar-refractivity contribution in [2.24, 2.45) is 5.92 Å². The van der Waals surface area contributed by atoms with E-state index in [9.17, 15) is 22.8 Å². The van der Waals surface area contributed by atoms with Crippen molar-refractivity contribution < 1.29 is 27.5 Å². The van der Waals surface area contributed by atoms with Gasteiger partial charge >= 0.3 is 6.18 Å². The number of alkyl halides is 3. The summed E-state index contributed by atoms with van der Waals surface area (Å²) in [6.07, 6.45) is -1.43. The average molecular weight is 437 g/mol. The molecule has 0 aliphatic heterocycles. The van der Waals surface area contributed by atoms with Gasteiger partial charge in [-0.3, -0.25) is 14.9 Å². The van der Waals surface area contributed by atoms with Gasteiger partial charge in [0.05, 0.1) is 0 Å². The van der Waals surface area contributed by atoms with Crippen LogP contribution in [0.2, 0.25) is 0 Å². The van der Waals surface area contributed by atoms with Crippen LogP contribution in [0, 0.1) is 19.8 Å². The topological polar surface area (TPSA) is 97.3 Å². The first kappa shape index (κ1) is 22.4. The lowest BCUT2D eigenvalue weighted by atomic mass is 10.2. The minimum absolute atomic E-state index is 0.0234. The predicted octanol–water partition coefficient (Wildman–Crippen LogP) is 3.05. The summed E-state index contributed by atoms with van der Waals surface area (Å²) in [7, 11) is 1.56. The van der Waals surface area contributed by atoms with E-state index >= 15 is 0 Å². The molecule has 31 heavy (non-hydrogen) atoms. The number of pyridine rings is 1. The minimum Gasteiger partial charge on any atom is -0.468 e. The Morgan fingerprint density at radius 2 is 1.94 bits per heavy atom. The standard InChI is InChI=1S/C20H22F3N5O3/c1-11-6-13(8-24-17(11)31-10-20(21,22)23)9-28(3)18(30)15-7-12(2)25-19(26-15)27-16(29)14-4-5-14/h6-8,14H,4-5,9-10H2,1-3H3,(H,25,26,27,29). The highest BCUT2D eigenvalue weighted by atomic mass is 19.4. The summed E-state index contributed by atoms with van der Waals surface area (Å²) in [5.41, 5.74) is 1.68. The lowest BCUT2D eigenvalue weighted by Gasteiger charge is -2.18. The highest BCUT2D eigenvalue weighted by Gasteiger charge is 2.30. The molecule has 2 aromatic heterocycles. The first-order chi connectivity index (χ1) is 14.5. The first-order valence-electron chi connectivity index (χ1n) is 9.59. The zero-order valence-electron chi connectivity index (χ0n) is 17.3. The molecule has 11 heteroatoms. The van der Waals surface area contributed by atoms with Crippen molar-refractivity contribution >= 4 is 17.8 Å². The van der Waals surface area contributed by atoms with Crippen LogP contribution in [0.1, 0.15) is 40.2 Å². The fraction of sp³-hybridized carbons (Fsp3) is 0.450. The van der Waals surface area contributed by atoms with Gasteiger partial charge in [-0.25, -0.2) is 15.0 Å². The molecule has 1 saturated carbocycles. The van der Waals surface area contributed by atoms with Crippen LogP contribution in [0.15, 0.2) is 18.3 Å². The third kappa shape index (κ3) is 6.37. The predicted molar refractivity (Wildman–Crippen MR) is 104 cm³/mol. The van der Waals surface area contributed by atoms with Crippen LogP contribution in [-0.4, -0.2) is 51.5 Å². The Hall–Kier alpha value is -3.24. The Bertz CT molecular complexity index is 993. The van der Waals surface area contributed by atoms with Gasteiger partial charge < -0.3 is 9.64 Å². The number of amides is 2. The monoisotopic (exact) mass is 437 g/mol. The number of aromatic nitrogens is 3. The molecule has 3 rings (SSSR count). The van der Waals surface area contributed by atoms with E-state index in [0.717, 1.165) is 12.8 Å². The molecule has 1 N–H and O–H groups in total. The van der Waals surface area contributed by atoms with Gasteiger partial charge in [-0.15, -0.1) is 0 Å². The third-order valence-corrected chi connectivity index (χ3v) is 4.48. The SMILES string of the molecule is Cc1cc(C(=O)N(C)Cc2cnc(OCC(F)(F)F)c(C)c2)nc(NC(=O)C2CC2)n1. The van der Waals surface area contributed by atoms with E-state index in [0.29, 0.717) is 16.8 Å². The Balaban J connectivity index is 1.66. The summed E-state index contributed by atoms with van der Waals surface area (Å²) in [5.74, 6) is -0.617. The van der Waals surface area contributed by atoms with E-state index in [1.165, 1.54) is 17.2 Å². The molecule has 2 heterocycles. The number of carbonyl (C=O) groups excluding carboxylic acids is 2. The Labute approximate surface area is 176 Å². The second kappa shape index (κ2) is 8.86. The molecule has 2 aromatic rings. The summed E-state index contributed by atoms with van der Waals surface area (Å²) in [5, 5.41) is 2.63. The molecule has 2 amide bonds. The lowest BCUT2D eigenvalue weighted by Crippen LogP contribution is -2.28. The molecule has 0 radical (unpaired) electrons. The second-order valence-corrected chi connectivity index (χ2v) is 7.51. The number of hydrogen-bond acceptors (Lipinski definition) is 6. The van der Waals surface area contributed by atoms with Gasteiger partial charge in [0.15, 0.2) is 6.61 Å². The molecule has 0 saturated heterocycles. The van der Waals surface area contributed by atoms with Crippen LogP contribution in [-0.2, 0) is 11.3 Å².